The van der Waals surface area contributed by atoms with Crippen LogP contribution in [0, 0.1) is 6.92 Å². The van der Waals surface area contributed by atoms with Crippen molar-refractivity contribution in [2.75, 3.05) is 0 Å². The van der Waals surface area contributed by atoms with Crippen molar-refractivity contribution in [2.24, 2.45) is 0 Å². The summed E-state index contributed by atoms with van der Waals surface area (Å²) in [5.41, 5.74) is 2.02. The molecule has 2 heterocycles. The highest BCUT2D eigenvalue weighted by atomic mass is 35.5. The van der Waals surface area contributed by atoms with Gasteiger partial charge in [-0.3, -0.25) is 9.78 Å². The van der Waals surface area contributed by atoms with Crippen LogP contribution in [0.2, 0.25) is 5.02 Å². The largest absolute Gasteiger partial charge is 0.345 e. The van der Waals surface area contributed by atoms with Crippen LogP contribution in [0.4, 0.5) is 0 Å². The first-order chi connectivity index (χ1) is 11.1. The lowest BCUT2D eigenvalue weighted by Gasteiger charge is -2.06. The van der Waals surface area contributed by atoms with Crippen molar-refractivity contribution in [3.8, 4) is 10.4 Å². The fraction of sp³-hybridized carbons (Fsp3) is 0.118. The highest BCUT2D eigenvalue weighted by Crippen LogP contribution is 2.34. The van der Waals surface area contributed by atoms with E-state index in [9.17, 15) is 4.79 Å². The van der Waals surface area contributed by atoms with Gasteiger partial charge in [0, 0.05) is 16.8 Å². The minimum atomic E-state index is -0.227. The summed E-state index contributed by atoms with van der Waals surface area (Å²) in [5.74, 6) is -0.227. The molecule has 116 valence electrons. The first kappa shape index (κ1) is 15.6. The van der Waals surface area contributed by atoms with Crippen LogP contribution in [0.5, 0.6) is 0 Å². The minimum Gasteiger partial charge on any atom is -0.345 e. The molecule has 0 atom stereocenters. The Morgan fingerprint density at radius 2 is 2.00 bits per heavy atom. The highest BCUT2D eigenvalue weighted by molar-refractivity contribution is 7.15. The molecule has 23 heavy (non-hydrogen) atoms. The van der Waals surface area contributed by atoms with Crippen LogP contribution >= 0.6 is 22.9 Å². The lowest BCUT2D eigenvalue weighted by Crippen LogP contribution is -2.24. The Morgan fingerprint density at radius 1 is 1.22 bits per heavy atom. The third kappa shape index (κ3) is 3.57. The van der Waals surface area contributed by atoms with Crippen LogP contribution in [-0.2, 0) is 6.54 Å². The zero-order valence-corrected chi connectivity index (χ0v) is 14.0. The van der Waals surface area contributed by atoms with Crippen molar-refractivity contribution in [3.05, 3.63) is 70.1 Å². The third-order valence-electron chi connectivity index (χ3n) is 3.22. The van der Waals surface area contributed by atoms with E-state index in [1.165, 1.54) is 11.3 Å². The van der Waals surface area contributed by atoms with Crippen LogP contribution in [0.25, 0.3) is 10.4 Å². The second kappa shape index (κ2) is 6.89. The fourth-order valence-corrected chi connectivity index (χ4v) is 3.41. The fourth-order valence-electron chi connectivity index (χ4n) is 2.17. The number of hydrogen-bond acceptors (Lipinski definition) is 4. The van der Waals surface area contributed by atoms with Crippen molar-refractivity contribution in [3.63, 3.8) is 0 Å². The second-order valence-electron chi connectivity index (χ2n) is 4.89. The maximum absolute atomic E-state index is 12.5. The number of rotatable bonds is 4. The van der Waals surface area contributed by atoms with Gasteiger partial charge in [-0.25, -0.2) is 4.98 Å². The third-order valence-corrected chi connectivity index (χ3v) is 4.56. The van der Waals surface area contributed by atoms with Crippen LogP contribution < -0.4 is 5.32 Å². The molecule has 2 aromatic heterocycles. The number of hydrogen-bond donors (Lipinski definition) is 1. The SMILES string of the molecule is Cc1nc(C(=O)NCc2ccccn2)c(-c2ccccc2Cl)s1. The number of aryl methyl sites for hydroxylation is 1. The lowest BCUT2D eigenvalue weighted by molar-refractivity contribution is 0.0946. The van der Waals surface area contributed by atoms with Crippen molar-refractivity contribution < 1.29 is 4.79 Å². The molecule has 0 radical (unpaired) electrons. The average Bonchev–Trinajstić information content (AvgIpc) is 2.96. The molecule has 1 N–H and O–H groups in total. The molecule has 6 heteroatoms. The summed E-state index contributed by atoms with van der Waals surface area (Å²) in [6.45, 7) is 2.23. The van der Waals surface area contributed by atoms with Crippen molar-refractivity contribution in [2.45, 2.75) is 13.5 Å². The molecule has 0 saturated carbocycles. The molecule has 0 aliphatic carbocycles. The molecule has 1 aromatic carbocycles. The molecule has 0 saturated heterocycles. The van der Waals surface area contributed by atoms with E-state index < -0.39 is 0 Å². The molecule has 3 rings (SSSR count). The van der Waals surface area contributed by atoms with Gasteiger partial charge in [-0.15, -0.1) is 11.3 Å². The van der Waals surface area contributed by atoms with E-state index in [4.69, 9.17) is 11.6 Å². The van der Waals surface area contributed by atoms with E-state index in [0.717, 1.165) is 21.1 Å². The van der Waals surface area contributed by atoms with Gasteiger partial charge in [-0.2, -0.15) is 0 Å². The zero-order valence-electron chi connectivity index (χ0n) is 12.4. The summed E-state index contributed by atoms with van der Waals surface area (Å²) >= 11 is 7.71. The first-order valence-electron chi connectivity index (χ1n) is 7.05. The van der Waals surface area contributed by atoms with E-state index in [1.54, 1.807) is 6.20 Å². The smallest absolute Gasteiger partial charge is 0.271 e. The number of pyridine rings is 1. The second-order valence-corrected chi connectivity index (χ2v) is 6.50. The maximum atomic E-state index is 12.5. The van der Waals surface area contributed by atoms with Gasteiger partial charge in [0.25, 0.3) is 5.91 Å². The number of halogens is 1. The van der Waals surface area contributed by atoms with Crippen molar-refractivity contribution >= 4 is 28.8 Å². The standard InChI is InChI=1S/C17H14ClN3OS/c1-11-21-15(16(23-11)13-7-2-3-8-14(13)18)17(22)20-10-12-6-4-5-9-19-12/h2-9H,10H2,1H3,(H,20,22). The van der Waals surface area contributed by atoms with E-state index in [0.29, 0.717) is 17.3 Å². The monoisotopic (exact) mass is 343 g/mol. The van der Waals surface area contributed by atoms with Gasteiger partial charge < -0.3 is 5.32 Å². The molecule has 3 aromatic rings. The molecule has 4 nitrogen and oxygen atoms in total. The Balaban J connectivity index is 1.85. The minimum absolute atomic E-state index is 0.227. The molecule has 0 bridgehead atoms. The van der Waals surface area contributed by atoms with Crippen LogP contribution in [0.15, 0.2) is 48.7 Å². The number of amides is 1. The van der Waals surface area contributed by atoms with Gasteiger partial charge in [0.1, 0.15) is 5.69 Å². The number of carbonyl (C=O) groups is 1. The maximum Gasteiger partial charge on any atom is 0.271 e. The van der Waals surface area contributed by atoms with E-state index >= 15 is 0 Å². The molecular weight excluding hydrogens is 330 g/mol. The van der Waals surface area contributed by atoms with Gasteiger partial charge in [0.05, 0.1) is 22.1 Å². The lowest BCUT2D eigenvalue weighted by atomic mass is 10.1. The average molecular weight is 344 g/mol. The Bertz CT molecular complexity index is 833. The van der Waals surface area contributed by atoms with Gasteiger partial charge in [-0.05, 0) is 25.1 Å². The van der Waals surface area contributed by atoms with E-state index in [2.05, 4.69) is 15.3 Å². The Morgan fingerprint density at radius 3 is 2.74 bits per heavy atom. The molecule has 0 aliphatic heterocycles. The molecular formula is C17H14ClN3OS. The molecule has 1 amide bonds. The van der Waals surface area contributed by atoms with Crippen molar-refractivity contribution in [1.82, 2.24) is 15.3 Å². The number of nitrogens with one attached hydrogen (secondary N) is 1. The van der Waals surface area contributed by atoms with E-state index in [1.807, 2.05) is 49.4 Å². The molecule has 0 spiro atoms. The summed E-state index contributed by atoms with van der Waals surface area (Å²) in [6.07, 6.45) is 1.70. The van der Waals surface area contributed by atoms with Crippen LogP contribution in [-0.4, -0.2) is 15.9 Å². The van der Waals surface area contributed by atoms with Gasteiger partial charge >= 0.3 is 0 Å². The van der Waals surface area contributed by atoms with Crippen LogP contribution in [0.1, 0.15) is 21.2 Å². The predicted octanol–water partition coefficient (Wildman–Crippen LogP) is 4.10. The number of benzene rings is 1. The van der Waals surface area contributed by atoms with Crippen molar-refractivity contribution in [1.29, 1.82) is 0 Å². The summed E-state index contributed by atoms with van der Waals surface area (Å²) < 4.78 is 0. The summed E-state index contributed by atoms with van der Waals surface area (Å²) in [5, 5.41) is 4.29. The van der Waals surface area contributed by atoms with Gasteiger partial charge in [-0.1, -0.05) is 35.9 Å². The Labute approximate surface area is 143 Å². The molecule has 0 aliphatic rings. The summed E-state index contributed by atoms with van der Waals surface area (Å²) in [4.78, 5) is 21.8. The number of carbonyl (C=O) groups excluding carboxylic acids is 1. The first-order valence-corrected chi connectivity index (χ1v) is 8.25. The van der Waals surface area contributed by atoms with E-state index in [-0.39, 0.29) is 5.91 Å². The highest BCUT2D eigenvalue weighted by Gasteiger charge is 2.19. The number of thiazole rings is 1. The number of aromatic nitrogens is 2. The van der Waals surface area contributed by atoms with Gasteiger partial charge in [0.2, 0.25) is 0 Å². The number of nitrogens with zero attached hydrogens (tertiary/aromatic N) is 2. The van der Waals surface area contributed by atoms with Gasteiger partial charge in [0.15, 0.2) is 0 Å². The molecule has 0 unspecified atom stereocenters. The van der Waals surface area contributed by atoms with Crippen LogP contribution in [0.3, 0.4) is 0 Å². The molecule has 0 fully saturated rings. The Kier molecular flexibility index (Phi) is 4.69. The summed E-state index contributed by atoms with van der Waals surface area (Å²) in [6, 6.07) is 13.0. The topological polar surface area (TPSA) is 54.9 Å². The summed E-state index contributed by atoms with van der Waals surface area (Å²) in [7, 11) is 0. The normalized spacial score (nSPS) is 10.5. The zero-order chi connectivity index (χ0) is 16.2. The Hall–Kier alpha value is -2.24. The predicted molar refractivity (Wildman–Crippen MR) is 92.7 cm³/mol. The quantitative estimate of drug-likeness (QED) is 0.776.